The molecule has 0 amide bonds. The third-order valence-electron chi connectivity index (χ3n) is 2.84. The van der Waals surface area contributed by atoms with Crippen LogP contribution in [0.2, 0.25) is 0 Å². The van der Waals surface area contributed by atoms with E-state index in [1.54, 1.807) is 0 Å². The van der Waals surface area contributed by atoms with Gasteiger partial charge in [0.25, 0.3) is 0 Å². The monoisotopic (exact) mass is 244 g/mol. The fourth-order valence-electron chi connectivity index (χ4n) is 2.15. The third-order valence-corrected chi connectivity index (χ3v) is 2.84. The van der Waals surface area contributed by atoms with Gasteiger partial charge in [-0.25, -0.2) is 0 Å². The molecule has 2 nitrogen and oxygen atoms in total. The zero-order chi connectivity index (χ0) is 13.3. The van der Waals surface area contributed by atoms with Crippen LogP contribution in [0.15, 0.2) is 0 Å². The van der Waals surface area contributed by atoms with Crippen molar-refractivity contribution in [1.82, 2.24) is 0 Å². The Morgan fingerprint density at radius 1 is 1.00 bits per heavy atom. The van der Waals surface area contributed by atoms with Crippen molar-refractivity contribution in [3.63, 3.8) is 0 Å². The number of hydrogen-bond donors (Lipinski definition) is 0. The average Bonchev–Trinajstić information content (AvgIpc) is 2.14. The summed E-state index contributed by atoms with van der Waals surface area (Å²) in [6, 6.07) is 0. The lowest BCUT2D eigenvalue weighted by molar-refractivity contribution is 0.0350. The molecule has 2 atom stereocenters. The van der Waals surface area contributed by atoms with Gasteiger partial charge >= 0.3 is 0 Å². The highest BCUT2D eigenvalue weighted by atomic mass is 16.5. The molecule has 104 valence electrons. The van der Waals surface area contributed by atoms with Gasteiger partial charge in [-0.3, -0.25) is 0 Å². The Bertz CT molecular complexity index is 172. The summed E-state index contributed by atoms with van der Waals surface area (Å²) in [7, 11) is 0. The highest BCUT2D eigenvalue weighted by Gasteiger charge is 2.14. The Balaban J connectivity index is 3.39. The molecule has 0 aromatic heterocycles. The molecule has 0 aliphatic heterocycles. The first kappa shape index (κ1) is 16.9. The van der Waals surface area contributed by atoms with E-state index in [0.717, 1.165) is 32.2 Å². The van der Waals surface area contributed by atoms with E-state index in [2.05, 4.69) is 34.6 Å². The summed E-state index contributed by atoms with van der Waals surface area (Å²) in [5.41, 5.74) is 0.433. The van der Waals surface area contributed by atoms with Crippen LogP contribution in [0.1, 0.15) is 60.8 Å². The fraction of sp³-hybridized carbons (Fsp3) is 1.00. The Morgan fingerprint density at radius 3 is 2.12 bits per heavy atom. The molecule has 0 saturated heterocycles. The molecule has 2 heteroatoms. The van der Waals surface area contributed by atoms with Gasteiger partial charge in [-0.2, -0.15) is 0 Å². The van der Waals surface area contributed by atoms with Gasteiger partial charge in [-0.1, -0.05) is 27.7 Å². The molecular formula is C15H32O2. The van der Waals surface area contributed by atoms with Gasteiger partial charge in [0, 0.05) is 19.8 Å². The van der Waals surface area contributed by atoms with E-state index in [4.69, 9.17) is 9.47 Å². The van der Waals surface area contributed by atoms with Crippen molar-refractivity contribution in [1.29, 1.82) is 0 Å². The predicted octanol–water partition coefficient (Wildman–Crippen LogP) is 4.28. The maximum atomic E-state index is 5.66. The van der Waals surface area contributed by atoms with Crippen molar-refractivity contribution in [2.24, 2.45) is 11.3 Å². The molecular weight excluding hydrogens is 212 g/mol. The second kappa shape index (κ2) is 8.93. The first-order valence-corrected chi connectivity index (χ1v) is 7.04. The lowest BCUT2D eigenvalue weighted by Gasteiger charge is -2.23. The third kappa shape index (κ3) is 12.2. The van der Waals surface area contributed by atoms with Crippen LogP contribution in [-0.2, 0) is 9.47 Å². The van der Waals surface area contributed by atoms with Crippen LogP contribution in [0.4, 0.5) is 0 Å². The van der Waals surface area contributed by atoms with Crippen LogP contribution >= 0.6 is 0 Å². The zero-order valence-electron chi connectivity index (χ0n) is 12.7. The summed E-state index contributed by atoms with van der Waals surface area (Å²) in [6.07, 6.45) is 3.76. The van der Waals surface area contributed by atoms with Crippen LogP contribution in [-0.4, -0.2) is 25.9 Å². The highest BCUT2D eigenvalue weighted by Crippen LogP contribution is 2.25. The molecule has 0 heterocycles. The molecule has 0 saturated carbocycles. The molecule has 0 radical (unpaired) electrons. The normalized spacial score (nSPS) is 15.9. The van der Waals surface area contributed by atoms with Crippen molar-refractivity contribution in [2.75, 3.05) is 19.8 Å². The maximum absolute atomic E-state index is 5.66. The van der Waals surface area contributed by atoms with Crippen LogP contribution in [0.3, 0.4) is 0 Å². The summed E-state index contributed by atoms with van der Waals surface area (Å²) in [5.74, 6) is 0.749. The molecule has 0 aromatic carbocycles. The van der Waals surface area contributed by atoms with Gasteiger partial charge in [0.15, 0.2) is 0 Å². The SMILES string of the molecule is CCOC(C)CCOCCC(C)CC(C)(C)C. The van der Waals surface area contributed by atoms with Gasteiger partial charge in [0.1, 0.15) is 0 Å². The number of ether oxygens (including phenoxy) is 2. The van der Waals surface area contributed by atoms with Crippen molar-refractivity contribution in [3.05, 3.63) is 0 Å². The molecule has 0 N–H and O–H groups in total. The molecule has 2 unspecified atom stereocenters. The van der Waals surface area contributed by atoms with Crippen molar-refractivity contribution >= 4 is 0 Å². The molecule has 0 aromatic rings. The van der Waals surface area contributed by atoms with E-state index < -0.39 is 0 Å². The lowest BCUT2D eigenvalue weighted by atomic mass is 9.84. The van der Waals surface area contributed by atoms with Crippen LogP contribution < -0.4 is 0 Å². The number of hydrogen-bond acceptors (Lipinski definition) is 2. The van der Waals surface area contributed by atoms with E-state index in [-0.39, 0.29) is 0 Å². The van der Waals surface area contributed by atoms with Gasteiger partial charge < -0.3 is 9.47 Å². The summed E-state index contributed by atoms with van der Waals surface area (Å²) in [6.45, 7) is 15.9. The summed E-state index contributed by atoms with van der Waals surface area (Å²) in [4.78, 5) is 0. The van der Waals surface area contributed by atoms with Crippen molar-refractivity contribution in [2.45, 2.75) is 66.9 Å². The summed E-state index contributed by atoms with van der Waals surface area (Å²) < 4.78 is 11.1. The minimum Gasteiger partial charge on any atom is -0.381 e. The minimum atomic E-state index is 0.326. The molecule has 0 aliphatic carbocycles. The van der Waals surface area contributed by atoms with Gasteiger partial charge in [-0.15, -0.1) is 0 Å². The Morgan fingerprint density at radius 2 is 1.59 bits per heavy atom. The van der Waals surface area contributed by atoms with E-state index in [1.165, 1.54) is 12.8 Å². The first-order valence-electron chi connectivity index (χ1n) is 7.04. The molecule has 0 spiro atoms. The Kier molecular flexibility index (Phi) is 8.89. The summed E-state index contributed by atoms with van der Waals surface area (Å²) in [5, 5.41) is 0. The van der Waals surface area contributed by atoms with E-state index in [0.29, 0.717) is 11.5 Å². The second-order valence-electron chi connectivity index (χ2n) is 6.33. The first-order chi connectivity index (χ1) is 7.85. The Labute approximate surface area is 108 Å². The molecule has 0 aliphatic rings. The lowest BCUT2D eigenvalue weighted by Crippen LogP contribution is -2.14. The standard InChI is InChI=1S/C15H32O2/c1-7-17-14(3)9-11-16-10-8-13(2)12-15(4,5)6/h13-14H,7-12H2,1-6H3. The van der Waals surface area contributed by atoms with Gasteiger partial charge in [-0.05, 0) is 44.4 Å². The molecule has 0 bridgehead atoms. The van der Waals surface area contributed by atoms with Crippen LogP contribution in [0, 0.1) is 11.3 Å². The topological polar surface area (TPSA) is 18.5 Å². The second-order valence-corrected chi connectivity index (χ2v) is 6.33. The quantitative estimate of drug-likeness (QED) is 0.564. The average molecular weight is 244 g/mol. The smallest absolute Gasteiger partial charge is 0.0568 e. The molecule has 17 heavy (non-hydrogen) atoms. The fourth-order valence-corrected chi connectivity index (χ4v) is 2.15. The predicted molar refractivity (Wildman–Crippen MR) is 74.4 cm³/mol. The van der Waals surface area contributed by atoms with E-state index in [9.17, 15) is 0 Å². The number of rotatable bonds is 9. The van der Waals surface area contributed by atoms with E-state index >= 15 is 0 Å². The van der Waals surface area contributed by atoms with Crippen molar-refractivity contribution < 1.29 is 9.47 Å². The summed E-state index contributed by atoms with van der Waals surface area (Å²) >= 11 is 0. The van der Waals surface area contributed by atoms with Gasteiger partial charge in [0.2, 0.25) is 0 Å². The molecule has 0 rings (SSSR count). The van der Waals surface area contributed by atoms with Gasteiger partial charge in [0.05, 0.1) is 6.10 Å². The highest BCUT2D eigenvalue weighted by molar-refractivity contribution is 4.66. The Hall–Kier alpha value is -0.0800. The van der Waals surface area contributed by atoms with E-state index in [1.807, 2.05) is 6.92 Å². The maximum Gasteiger partial charge on any atom is 0.0568 e. The minimum absolute atomic E-state index is 0.326. The molecule has 0 fully saturated rings. The van der Waals surface area contributed by atoms with Crippen LogP contribution in [0.25, 0.3) is 0 Å². The van der Waals surface area contributed by atoms with Crippen LogP contribution in [0.5, 0.6) is 0 Å². The zero-order valence-corrected chi connectivity index (χ0v) is 12.7. The largest absolute Gasteiger partial charge is 0.381 e. The van der Waals surface area contributed by atoms with Crippen molar-refractivity contribution in [3.8, 4) is 0 Å².